The van der Waals surface area contributed by atoms with Crippen LogP contribution in [0.1, 0.15) is 34.6 Å². The van der Waals surface area contributed by atoms with Crippen LogP contribution in [0.25, 0.3) is 10.9 Å². The lowest BCUT2D eigenvalue weighted by atomic mass is 10.1. The van der Waals surface area contributed by atoms with Gasteiger partial charge < -0.3 is 29.3 Å². The molecule has 1 fully saturated rings. The Morgan fingerprint density at radius 1 is 0.837 bits per heavy atom. The van der Waals surface area contributed by atoms with Crippen LogP contribution in [0.4, 0.5) is 20.2 Å². The minimum Gasteiger partial charge on any atom is -0.493 e. The van der Waals surface area contributed by atoms with E-state index in [0.717, 1.165) is 0 Å². The summed E-state index contributed by atoms with van der Waals surface area (Å²) in [6.07, 6.45) is 1.55. The summed E-state index contributed by atoms with van der Waals surface area (Å²) in [5.41, 5.74) is 0.590. The Hall–Kier alpha value is -4.55. The van der Waals surface area contributed by atoms with Crippen molar-refractivity contribution in [2.75, 3.05) is 31.0 Å². The first kappa shape index (κ1) is 35.7. The number of benzene rings is 3. The molecule has 0 radical (unpaired) electrons. The van der Waals surface area contributed by atoms with Gasteiger partial charge in [-0.3, -0.25) is 14.6 Å². The molecule has 1 aliphatic rings. The zero-order chi connectivity index (χ0) is 35.7. The number of nitrogens with zero attached hydrogens (tertiary/aromatic N) is 1. The van der Waals surface area contributed by atoms with E-state index < -0.39 is 43.1 Å². The van der Waals surface area contributed by atoms with E-state index in [1.807, 2.05) is 13.8 Å². The molecule has 9 nitrogen and oxygen atoms in total. The summed E-state index contributed by atoms with van der Waals surface area (Å²) < 4.78 is 52.5. The van der Waals surface area contributed by atoms with E-state index in [9.17, 15) is 14.0 Å². The maximum Gasteiger partial charge on any atom is 0.228 e. The van der Waals surface area contributed by atoms with E-state index in [2.05, 4.69) is 49.5 Å². The summed E-state index contributed by atoms with van der Waals surface area (Å²) >= 11 is 0. The fourth-order valence-corrected chi connectivity index (χ4v) is 6.55. The van der Waals surface area contributed by atoms with Gasteiger partial charge in [0.2, 0.25) is 11.8 Å². The Morgan fingerprint density at radius 3 is 2.08 bits per heavy atom. The number of aromatic nitrogens is 1. The maximum absolute atomic E-state index is 15.4. The highest BCUT2D eigenvalue weighted by Crippen LogP contribution is 2.59. The molecule has 5 rings (SSSR count). The molecule has 1 aromatic heterocycles. The molecule has 12 heteroatoms. The fourth-order valence-electron chi connectivity index (χ4n) is 5.52. The highest BCUT2D eigenvalue weighted by molar-refractivity contribution is 6.74. The summed E-state index contributed by atoms with van der Waals surface area (Å²) in [5.74, 6) is -1.87. The van der Waals surface area contributed by atoms with Crippen LogP contribution < -0.4 is 24.8 Å². The number of carbonyl (C=O) groups is 2. The van der Waals surface area contributed by atoms with Crippen LogP contribution in [-0.2, 0) is 14.0 Å². The predicted molar refractivity (Wildman–Crippen MR) is 188 cm³/mol. The number of halogens is 2. The third kappa shape index (κ3) is 7.86. The van der Waals surface area contributed by atoms with Crippen LogP contribution in [0.5, 0.6) is 23.0 Å². The summed E-state index contributed by atoms with van der Waals surface area (Å²) in [7, 11) is -0.392. The van der Waals surface area contributed by atoms with Crippen molar-refractivity contribution in [3.05, 3.63) is 78.5 Å². The number of amides is 2. The first-order valence-corrected chi connectivity index (χ1v) is 19.0. The van der Waals surface area contributed by atoms with E-state index in [1.165, 1.54) is 42.5 Å². The Morgan fingerprint density at radius 2 is 1.47 bits per heavy atom. The molecule has 0 bridgehead atoms. The molecule has 260 valence electrons. The van der Waals surface area contributed by atoms with Crippen LogP contribution in [-0.4, -0.2) is 45.4 Å². The molecule has 1 aliphatic carbocycles. The molecule has 0 spiro atoms. The number of ether oxygens (including phenoxy) is 3. The van der Waals surface area contributed by atoms with E-state index in [-0.39, 0.29) is 22.4 Å². The Labute approximate surface area is 286 Å². The average Bonchev–Trinajstić information content (AvgIpc) is 3.62. The van der Waals surface area contributed by atoms with E-state index >= 15 is 4.39 Å². The van der Waals surface area contributed by atoms with E-state index in [4.69, 9.17) is 18.6 Å². The molecule has 2 amide bonds. The first-order valence-electron chi connectivity index (χ1n) is 16.1. The summed E-state index contributed by atoms with van der Waals surface area (Å²) in [4.78, 5) is 30.5. The number of carbonyl (C=O) groups excluding carboxylic acids is 2. The molecule has 0 saturated heterocycles. The van der Waals surface area contributed by atoms with Gasteiger partial charge in [-0.05, 0) is 72.1 Å². The quantitative estimate of drug-likeness (QED) is 0.113. The Bertz CT molecular complexity index is 1860. The fraction of sp³-hybridized carbons (Fsp3) is 0.378. The van der Waals surface area contributed by atoms with Gasteiger partial charge in [0.15, 0.2) is 31.4 Å². The van der Waals surface area contributed by atoms with Gasteiger partial charge in [-0.25, -0.2) is 8.78 Å². The largest absolute Gasteiger partial charge is 0.493 e. The van der Waals surface area contributed by atoms with Crippen molar-refractivity contribution in [2.24, 2.45) is 17.3 Å². The third-order valence-electron chi connectivity index (χ3n) is 9.52. The average molecular weight is 692 g/mol. The molecule has 0 unspecified atom stereocenters. The van der Waals surface area contributed by atoms with Crippen molar-refractivity contribution < 1.29 is 37.0 Å². The van der Waals surface area contributed by atoms with Crippen LogP contribution in [0.3, 0.4) is 0 Å². The Kier molecular flexibility index (Phi) is 10.0. The summed E-state index contributed by atoms with van der Waals surface area (Å²) in [5, 5.41) is 6.12. The molecule has 1 saturated carbocycles. The predicted octanol–water partition coefficient (Wildman–Crippen LogP) is 8.56. The van der Waals surface area contributed by atoms with Crippen molar-refractivity contribution in [2.45, 2.75) is 52.8 Å². The molecule has 4 aromatic rings. The lowest BCUT2D eigenvalue weighted by Gasteiger charge is -2.36. The second kappa shape index (κ2) is 13.8. The summed E-state index contributed by atoms with van der Waals surface area (Å²) in [6.45, 7) is 15.3. The highest BCUT2D eigenvalue weighted by Gasteiger charge is 2.65. The number of hydrogen-bond donors (Lipinski definition) is 2. The van der Waals surface area contributed by atoms with Gasteiger partial charge in [0, 0.05) is 35.1 Å². The minimum atomic E-state index is -1.94. The van der Waals surface area contributed by atoms with Crippen molar-refractivity contribution >= 4 is 42.4 Å². The van der Waals surface area contributed by atoms with Gasteiger partial charge in [-0.2, -0.15) is 0 Å². The van der Waals surface area contributed by atoms with Gasteiger partial charge in [-0.15, -0.1) is 0 Å². The van der Waals surface area contributed by atoms with Crippen molar-refractivity contribution in [1.82, 2.24) is 4.98 Å². The number of pyridine rings is 1. The number of hydrogen-bond acceptors (Lipinski definition) is 7. The maximum atomic E-state index is 15.4. The number of fused-ring (bicyclic) bond motifs is 1. The lowest BCUT2D eigenvalue weighted by Crippen LogP contribution is -2.41. The molecular weight excluding hydrogens is 649 g/mol. The Balaban J connectivity index is 1.26. The monoisotopic (exact) mass is 691 g/mol. The normalized spacial score (nSPS) is 16.9. The van der Waals surface area contributed by atoms with Crippen LogP contribution in [0, 0.1) is 28.9 Å². The van der Waals surface area contributed by atoms with Crippen molar-refractivity contribution in [3.8, 4) is 23.0 Å². The minimum absolute atomic E-state index is 0.0603. The highest BCUT2D eigenvalue weighted by atomic mass is 28.4. The van der Waals surface area contributed by atoms with Crippen molar-refractivity contribution in [3.63, 3.8) is 0 Å². The number of rotatable bonds is 12. The smallest absolute Gasteiger partial charge is 0.228 e. The number of methoxy groups -OCH3 is 1. The second-order valence-corrected chi connectivity index (χ2v) is 19.1. The lowest BCUT2D eigenvalue weighted by molar-refractivity contribution is -0.122. The molecule has 2 atom stereocenters. The molecule has 1 heterocycles. The van der Waals surface area contributed by atoms with E-state index in [0.29, 0.717) is 47.1 Å². The van der Waals surface area contributed by atoms with Gasteiger partial charge in [0.1, 0.15) is 18.2 Å². The zero-order valence-corrected chi connectivity index (χ0v) is 30.1. The van der Waals surface area contributed by atoms with Gasteiger partial charge in [0.05, 0.1) is 31.1 Å². The van der Waals surface area contributed by atoms with Crippen molar-refractivity contribution in [1.29, 1.82) is 0 Å². The third-order valence-corrected chi connectivity index (χ3v) is 14.1. The van der Waals surface area contributed by atoms with Crippen LogP contribution >= 0.6 is 0 Å². The van der Waals surface area contributed by atoms with Crippen LogP contribution in [0.15, 0.2) is 66.9 Å². The van der Waals surface area contributed by atoms with E-state index in [1.54, 1.807) is 31.5 Å². The molecule has 3 aromatic carbocycles. The van der Waals surface area contributed by atoms with Crippen LogP contribution in [0.2, 0.25) is 18.1 Å². The first-order chi connectivity index (χ1) is 23.0. The van der Waals surface area contributed by atoms with Gasteiger partial charge >= 0.3 is 0 Å². The molecule has 2 N–H and O–H groups in total. The topological polar surface area (TPSA) is 108 Å². The zero-order valence-electron chi connectivity index (χ0n) is 29.1. The standard InChI is InChI=1S/C37H43F2N3O6Si/c1-36(2,3)49(7,8)47-18-17-46-31-20-25-27(21-30(31)45-6)40-16-15-28(25)48-29-14-13-24(19-26(29)39)42-35(44)33-32(37(33,4)5)34(43)41-23-11-9-22(38)10-12-23/h9-16,19-21,32-33H,17-18H2,1-8H3,(H,41,43)(H,42,44)/t32-,33+/m0/s1. The molecule has 49 heavy (non-hydrogen) atoms. The number of nitrogens with one attached hydrogen (secondary N) is 2. The SMILES string of the molecule is COc1cc2nccc(Oc3ccc(NC(=O)[C@H]4[C@@H](C(=O)Nc5ccc(F)cc5)C4(C)C)cc3F)c2cc1OCCO[Si](C)(C)C(C)(C)C. The second-order valence-electron chi connectivity index (χ2n) is 14.3. The van der Waals surface area contributed by atoms with Gasteiger partial charge in [-0.1, -0.05) is 34.6 Å². The summed E-state index contributed by atoms with van der Waals surface area (Å²) in [6, 6.07) is 14.6. The molecular formula is C37H43F2N3O6Si. The number of anilines is 2. The molecule has 0 aliphatic heterocycles. The van der Waals surface area contributed by atoms with Gasteiger partial charge in [0.25, 0.3) is 0 Å².